The summed E-state index contributed by atoms with van der Waals surface area (Å²) >= 11 is 6.01. The van der Waals surface area contributed by atoms with Crippen LogP contribution in [0.15, 0.2) is 36.7 Å². The summed E-state index contributed by atoms with van der Waals surface area (Å²) in [6.45, 7) is 0.826. The molecule has 3 aromatic rings. The average molecular weight is 302 g/mol. The molecular weight excluding hydrogens is 286 g/mol. The maximum Gasteiger partial charge on any atom is 0.143 e. The van der Waals surface area contributed by atoms with Crippen molar-refractivity contribution in [3.63, 3.8) is 0 Å². The molecule has 6 heteroatoms. The third-order valence-corrected chi connectivity index (χ3v) is 3.29. The third kappa shape index (κ3) is 3.15. The Morgan fingerprint density at radius 2 is 2.10 bits per heavy atom. The monoisotopic (exact) mass is 301 g/mol. The Bertz CT molecular complexity index is 766. The summed E-state index contributed by atoms with van der Waals surface area (Å²) in [7, 11) is 4.06. The van der Waals surface area contributed by atoms with Crippen molar-refractivity contribution in [2.45, 2.75) is 6.54 Å². The predicted octanol–water partition coefficient (Wildman–Crippen LogP) is 3.42. The lowest BCUT2D eigenvalue weighted by Crippen LogP contribution is -2.10. The molecule has 0 spiro atoms. The van der Waals surface area contributed by atoms with Crippen LogP contribution in [0.3, 0.4) is 0 Å². The largest absolute Gasteiger partial charge is 0.342 e. The number of fused-ring (bicyclic) bond motifs is 1. The number of hydrogen-bond acceptors (Lipinski definition) is 4. The van der Waals surface area contributed by atoms with Crippen LogP contribution in [0, 0.1) is 0 Å². The molecule has 0 radical (unpaired) electrons. The molecule has 0 atom stereocenters. The molecule has 0 unspecified atom stereocenters. The normalized spacial score (nSPS) is 11.2. The van der Waals surface area contributed by atoms with Gasteiger partial charge in [0, 0.05) is 22.9 Å². The summed E-state index contributed by atoms with van der Waals surface area (Å²) in [5.41, 5.74) is 2.83. The predicted molar refractivity (Wildman–Crippen MR) is 86.0 cm³/mol. The van der Waals surface area contributed by atoms with Crippen molar-refractivity contribution in [2.75, 3.05) is 19.4 Å². The summed E-state index contributed by atoms with van der Waals surface area (Å²) < 4.78 is 0. The quantitative estimate of drug-likeness (QED) is 0.775. The Kier molecular flexibility index (Phi) is 3.77. The van der Waals surface area contributed by atoms with E-state index in [0.29, 0.717) is 5.02 Å². The van der Waals surface area contributed by atoms with Crippen molar-refractivity contribution in [1.29, 1.82) is 0 Å². The fourth-order valence-electron chi connectivity index (χ4n) is 2.22. The van der Waals surface area contributed by atoms with E-state index in [9.17, 15) is 0 Å². The van der Waals surface area contributed by atoms with Gasteiger partial charge in [0.25, 0.3) is 0 Å². The smallest absolute Gasteiger partial charge is 0.143 e. The molecule has 0 aliphatic heterocycles. The first kappa shape index (κ1) is 13.9. The van der Waals surface area contributed by atoms with Gasteiger partial charge in [0.15, 0.2) is 0 Å². The van der Waals surface area contributed by atoms with Crippen LogP contribution in [0.5, 0.6) is 0 Å². The molecule has 2 N–H and O–H groups in total. The van der Waals surface area contributed by atoms with Crippen LogP contribution in [0.4, 0.5) is 11.5 Å². The van der Waals surface area contributed by atoms with Crippen LogP contribution in [-0.4, -0.2) is 33.9 Å². The number of halogens is 1. The van der Waals surface area contributed by atoms with Gasteiger partial charge in [0.2, 0.25) is 0 Å². The van der Waals surface area contributed by atoms with Crippen LogP contribution in [0.25, 0.3) is 11.0 Å². The molecule has 0 saturated heterocycles. The minimum atomic E-state index is 0.688. The first-order chi connectivity index (χ1) is 10.1. The zero-order chi connectivity index (χ0) is 14.8. The SMILES string of the molecule is CN(C)Cc1cc2c(Nc3cccc(Cl)c3)ncnc2[nH]1. The van der Waals surface area contributed by atoms with E-state index in [1.165, 1.54) is 0 Å². The molecular formula is C15H16ClN5. The van der Waals surface area contributed by atoms with Crippen LogP contribution < -0.4 is 5.32 Å². The maximum atomic E-state index is 6.01. The van der Waals surface area contributed by atoms with Gasteiger partial charge < -0.3 is 15.2 Å². The van der Waals surface area contributed by atoms with E-state index in [-0.39, 0.29) is 0 Å². The second-order valence-corrected chi connectivity index (χ2v) is 5.59. The number of H-pyrrole nitrogens is 1. The maximum absolute atomic E-state index is 6.01. The molecule has 1 aromatic carbocycles. The fraction of sp³-hybridized carbons (Fsp3) is 0.200. The van der Waals surface area contributed by atoms with E-state index in [1.54, 1.807) is 6.33 Å². The molecule has 5 nitrogen and oxygen atoms in total. The van der Waals surface area contributed by atoms with Crippen molar-refractivity contribution in [3.05, 3.63) is 47.4 Å². The number of anilines is 2. The van der Waals surface area contributed by atoms with Gasteiger partial charge in [-0.05, 0) is 38.4 Å². The molecule has 2 heterocycles. The van der Waals surface area contributed by atoms with Gasteiger partial charge in [-0.15, -0.1) is 0 Å². The minimum Gasteiger partial charge on any atom is -0.342 e. The molecule has 0 aliphatic rings. The highest BCUT2D eigenvalue weighted by Gasteiger charge is 2.09. The van der Waals surface area contributed by atoms with Crippen LogP contribution in [0.1, 0.15) is 5.69 Å². The third-order valence-electron chi connectivity index (χ3n) is 3.06. The molecule has 0 aliphatic carbocycles. The van der Waals surface area contributed by atoms with Crippen molar-refractivity contribution in [3.8, 4) is 0 Å². The standard InChI is InChI=1S/C15H16ClN5/c1-21(2)8-12-7-13-14(17-9-18-15(13)20-12)19-11-5-3-4-10(16)6-11/h3-7,9H,8H2,1-2H3,(H2,17,18,19,20). The van der Waals surface area contributed by atoms with E-state index in [4.69, 9.17) is 11.6 Å². The highest BCUT2D eigenvalue weighted by atomic mass is 35.5. The molecule has 0 amide bonds. The highest BCUT2D eigenvalue weighted by molar-refractivity contribution is 6.30. The van der Waals surface area contributed by atoms with Crippen LogP contribution in [0.2, 0.25) is 5.02 Å². The Hall–Kier alpha value is -2.11. The number of nitrogens with zero attached hydrogens (tertiary/aromatic N) is 3. The van der Waals surface area contributed by atoms with Gasteiger partial charge >= 0.3 is 0 Å². The van der Waals surface area contributed by atoms with E-state index in [2.05, 4.69) is 31.2 Å². The molecule has 0 saturated carbocycles. The summed E-state index contributed by atoms with van der Waals surface area (Å²) in [4.78, 5) is 14.0. The number of nitrogens with one attached hydrogen (secondary N) is 2. The fourth-order valence-corrected chi connectivity index (χ4v) is 2.41. The van der Waals surface area contributed by atoms with Gasteiger partial charge in [0.1, 0.15) is 17.8 Å². The molecule has 0 bridgehead atoms. The molecule has 3 rings (SSSR count). The average Bonchev–Trinajstić information content (AvgIpc) is 2.81. The topological polar surface area (TPSA) is 56.8 Å². The number of benzene rings is 1. The van der Waals surface area contributed by atoms with Gasteiger partial charge in [-0.3, -0.25) is 0 Å². The highest BCUT2D eigenvalue weighted by Crippen LogP contribution is 2.25. The number of hydrogen-bond donors (Lipinski definition) is 2. The lowest BCUT2D eigenvalue weighted by molar-refractivity contribution is 0.398. The van der Waals surface area contributed by atoms with Gasteiger partial charge in [-0.2, -0.15) is 0 Å². The van der Waals surface area contributed by atoms with Crippen LogP contribution >= 0.6 is 11.6 Å². The minimum absolute atomic E-state index is 0.688. The zero-order valence-electron chi connectivity index (χ0n) is 11.9. The molecule has 108 valence electrons. The van der Waals surface area contributed by atoms with Gasteiger partial charge in [-0.1, -0.05) is 17.7 Å². The van der Waals surface area contributed by atoms with Crippen LogP contribution in [-0.2, 0) is 6.54 Å². The van der Waals surface area contributed by atoms with Crippen molar-refractivity contribution < 1.29 is 0 Å². The summed E-state index contributed by atoms with van der Waals surface area (Å²) in [6, 6.07) is 9.63. The Labute approximate surface area is 128 Å². The van der Waals surface area contributed by atoms with Gasteiger partial charge in [-0.25, -0.2) is 9.97 Å². The zero-order valence-corrected chi connectivity index (χ0v) is 12.6. The molecule has 21 heavy (non-hydrogen) atoms. The second kappa shape index (κ2) is 5.71. The number of aromatic amines is 1. The Balaban J connectivity index is 1.96. The van der Waals surface area contributed by atoms with E-state index < -0.39 is 0 Å². The number of rotatable bonds is 4. The summed E-state index contributed by atoms with van der Waals surface area (Å²) in [5, 5.41) is 4.94. The van der Waals surface area contributed by atoms with E-state index >= 15 is 0 Å². The molecule has 2 aromatic heterocycles. The van der Waals surface area contributed by atoms with E-state index in [0.717, 1.165) is 34.8 Å². The first-order valence-electron chi connectivity index (χ1n) is 6.62. The Morgan fingerprint density at radius 3 is 2.86 bits per heavy atom. The lowest BCUT2D eigenvalue weighted by atomic mass is 10.3. The number of aromatic nitrogens is 3. The van der Waals surface area contributed by atoms with Gasteiger partial charge in [0.05, 0.1) is 5.39 Å². The molecule has 0 fully saturated rings. The second-order valence-electron chi connectivity index (χ2n) is 5.15. The summed E-state index contributed by atoms with van der Waals surface area (Å²) in [6.07, 6.45) is 1.55. The van der Waals surface area contributed by atoms with Crippen molar-refractivity contribution >= 4 is 34.1 Å². The lowest BCUT2D eigenvalue weighted by Gasteiger charge is -2.06. The summed E-state index contributed by atoms with van der Waals surface area (Å²) in [5.74, 6) is 0.767. The first-order valence-corrected chi connectivity index (χ1v) is 6.99. The van der Waals surface area contributed by atoms with Crippen molar-refractivity contribution in [1.82, 2.24) is 19.9 Å². The van der Waals surface area contributed by atoms with E-state index in [1.807, 2.05) is 38.4 Å². The van der Waals surface area contributed by atoms with Crippen molar-refractivity contribution in [2.24, 2.45) is 0 Å². The Morgan fingerprint density at radius 1 is 1.24 bits per heavy atom.